The monoisotopic (exact) mass is 550 g/mol. The third kappa shape index (κ3) is 3.93. The van der Waals surface area contributed by atoms with Gasteiger partial charge in [0, 0.05) is 12.5 Å². The van der Waals surface area contributed by atoms with Gasteiger partial charge in [0.05, 0.1) is 0 Å². The summed E-state index contributed by atoms with van der Waals surface area (Å²) in [6, 6.07) is 0. The van der Waals surface area contributed by atoms with Gasteiger partial charge in [0.25, 0.3) is 0 Å². The molecule has 0 saturated heterocycles. The first-order valence-corrected chi connectivity index (χ1v) is 7.77. The molecule has 0 aliphatic heterocycles. The summed E-state index contributed by atoms with van der Waals surface area (Å²) in [6.07, 6.45) is -10.3. The normalized spacial score (nSPS) is 15.9. The minimum absolute atomic E-state index is 0.129. The number of alkyl halides is 18. The molecule has 0 aromatic rings. The molecule has 0 unspecified atom stereocenters. The molecule has 0 rings (SSSR count). The molecule has 0 N–H and O–H groups in total. The van der Waals surface area contributed by atoms with Gasteiger partial charge in [0.15, 0.2) is 0 Å². The maximum Gasteiger partial charge on any atom is 0.473 e. The van der Waals surface area contributed by atoms with Crippen molar-refractivity contribution in [3.63, 3.8) is 0 Å². The van der Waals surface area contributed by atoms with Crippen LogP contribution in [0, 0.1) is 0 Å². The Hall–Kier alpha value is -2.05. The summed E-state index contributed by atoms with van der Waals surface area (Å²) in [5.41, 5.74) is 0. The van der Waals surface area contributed by atoms with Crippen LogP contribution in [0.25, 0.3) is 0 Å². The molecule has 0 aliphatic carbocycles. The van der Waals surface area contributed by atoms with E-state index in [1.807, 2.05) is 0 Å². The number of halogens is 18. The number of hydrogen-bond acceptors (Lipinski definition) is 2. The van der Waals surface area contributed by atoms with Crippen LogP contribution in [0.2, 0.25) is 0 Å². The van der Waals surface area contributed by atoms with Crippen LogP contribution < -0.4 is 0 Å². The van der Waals surface area contributed by atoms with Crippen LogP contribution >= 0.6 is 0 Å². The molecule has 0 aliphatic rings. The summed E-state index contributed by atoms with van der Waals surface area (Å²) in [7, 11) is 0. The van der Waals surface area contributed by atoms with E-state index in [1.54, 1.807) is 0 Å². The van der Waals surface area contributed by atoms with Gasteiger partial charge in [-0.2, -0.15) is 79.0 Å². The number of ether oxygens (including phenoxy) is 1. The maximum absolute atomic E-state index is 13.5. The standard InChI is InChI=1S/C14H8F18O2/c1-3-5(33)34-14(31,32)13(29,30)12(27,28)11(25,26)10(23,24)9(21,22)8(19,20)7(17,18)6(15,16)4-2/h3H,1,4H2,2H3. The Balaban J connectivity index is 6.92. The van der Waals surface area contributed by atoms with E-state index >= 15 is 0 Å². The Morgan fingerprint density at radius 1 is 0.588 bits per heavy atom. The van der Waals surface area contributed by atoms with Gasteiger partial charge in [0.2, 0.25) is 0 Å². The van der Waals surface area contributed by atoms with Crippen molar-refractivity contribution in [3.8, 4) is 0 Å². The van der Waals surface area contributed by atoms with E-state index in [0.717, 1.165) is 0 Å². The smallest absolute Gasteiger partial charge is 0.393 e. The lowest BCUT2D eigenvalue weighted by Gasteiger charge is -2.44. The first-order chi connectivity index (χ1) is 14.5. The first kappa shape index (κ1) is 31.9. The number of hydrogen-bond donors (Lipinski definition) is 0. The minimum Gasteiger partial charge on any atom is -0.393 e. The van der Waals surface area contributed by atoms with Crippen molar-refractivity contribution in [2.24, 2.45) is 0 Å². The van der Waals surface area contributed by atoms with E-state index in [-0.39, 0.29) is 6.92 Å². The second kappa shape index (κ2) is 8.27. The van der Waals surface area contributed by atoms with Crippen LogP contribution in [-0.2, 0) is 9.53 Å². The Morgan fingerprint density at radius 3 is 1.12 bits per heavy atom. The molecular weight excluding hydrogens is 542 g/mol. The number of esters is 1. The molecule has 34 heavy (non-hydrogen) atoms. The molecule has 0 atom stereocenters. The number of carbonyl (C=O) groups excluding carboxylic acids is 1. The highest BCUT2D eigenvalue weighted by Gasteiger charge is 2.96. The summed E-state index contributed by atoms with van der Waals surface area (Å²) < 4.78 is 242. The highest BCUT2D eigenvalue weighted by molar-refractivity contribution is 5.81. The van der Waals surface area contributed by atoms with Gasteiger partial charge in [-0.05, 0) is 0 Å². The van der Waals surface area contributed by atoms with Gasteiger partial charge >= 0.3 is 59.5 Å². The lowest BCUT2D eigenvalue weighted by Crippen LogP contribution is -2.76. The highest BCUT2D eigenvalue weighted by Crippen LogP contribution is 2.65. The fourth-order valence-electron chi connectivity index (χ4n) is 1.85. The van der Waals surface area contributed by atoms with Crippen LogP contribution in [0.3, 0.4) is 0 Å². The summed E-state index contributed by atoms with van der Waals surface area (Å²) in [5.74, 6) is -68.4. The zero-order valence-corrected chi connectivity index (χ0v) is 15.6. The Morgan fingerprint density at radius 2 is 0.853 bits per heavy atom. The molecule has 0 heterocycles. The third-order valence-electron chi connectivity index (χ3n) is 4.03. The fourth-order valence-corrected chi connectivity index (χ4v) is 1.85. The summed E-state index contributed by atoms with van der Waals surface area (Å²) in [4.78, 5) is 10.5. The molecule has 0 aromatic carbocycles. The van der Waals surface area contributed by atoms with E-state index in [2.05, 4.69) is 11.3 Å². The zero-order valence-electron chi connectivity index (χ0n) is 15.6. The quantitative estimate of drug-likeness (QED) is 0.161. The van der Waals surface area contributed by atoms with Crippen LogP contribution in [0.5, 0.6) is 0 Å². The molecule has 20 heteroatoms. The summed E-state index contributed by atoms with van der Waals surface area (Å²) >= 11 is 0. The molecule has 0 aromatic heterocycles. The molecular formula is C14H8F18O2. The zero-order chi connectivity index (χ0) is 28.2. The maximum atomic E-state index is 13.5. The molecule has 0 saturated carbocycles. The third-order valence-corrected chi connectivity index (χ3v) is 4.03. The molecule has 0 bridgehead atoms. The van der Waals surface area contributed by atoms with Crippen molar-refractivity contribution >= 4 is 5.97 Å². The lowest BCUT2D eigenvalue weighted by atomic mass is 9.87. The predicted octanol–water partition coefficient (Wildman–Crippen LogP) is 6.80. The number of carbonyl (C=O) groups is 1. The highest BCUT2D eigenvalue weighted by atomic mass is 19.4. The summed E-state index contributed by atoms with van der Waals surface area (Å²) in [6.45, 7) is 2.13. The van der Waals surface area contributed by atoms with Gasteiger partial charge in [0.1, 0.15) is 0 Å². The second-order valence-corrected chi connectivity index (χ2v) is 6.22. The van der Waals surface area contributed by atoms with E-state index in [1.165, 1.54) is 0 Å². The van der Waals surface area contributed by atoms with Crippen molar-refractivity contribution in [2.75, 3.05) is 0 Å². The molecule has 0 fully saturated rings. The van der Waals surface area contributed by atoms with Crippen LogP contribution in [0.1, 0.15) is 13.3 Å². The van der Waals surface area contributed by atoms with Crippen LogP contribution in [0.4, 0.5) is 79.0 Å². The van der Waals surface area contributed by atoms with Crippen LogP contribution in [0.15, 0.2) is 12.7 Å². The largest absolute Gasteiger partial charge is 0.473 e. The van der Waals surface area contributed by atoms with Gasteiger partial charge in [-0.1, -0.05) is 13.5 Å². The van der Waals surface area contributed by atoms with Gasteiger partial charge in [-0.15, -0.1) is 0 Å². The number of rotatable bonds is 11. The van der Waals surface area contributed by atoms with E-state index in [4.69, 9.17) is 0 Å². The topological polar surface area (TPSA) is 26.3 Å². The van der Waals surface area contributed by atoms with E-state index < -0.39 is 72.0 Å². The van der Waals surface area contributed by atoms with Gasteiger partial charge in [-0.25, -0.2) is 4.79 Å². The van der Waals surface area contributed by atoms with Crippen molar-refractivity contribution < 1.29 is 88.6 Å². The van der Waals surface area contributed by atoms with Gasteiger partial charge < -0.3 is 4.74 Å². The first-order valence-electron chi connectivity index (χ1n) is 7.77. The van der Waals surface area contributed by atoms with E-state index in [9.17, 15) is 83.8 Å². The molecule has 0 spiro atoms. The lowest BCUT2D eigenvalue weighted by molar-refractivity contribution is -0.473. The average molecular weight is 550 g/mol. The van der Waals surface area contributed by atoms with Crippen molar-refractivity contribution in [2.45, 2.75) is 66.8 Å². The molecule has 0 amide bonds. The SMILES string of the molecule is C=CC(=O)OC(F)(F)C(F)(F)C(F)(F)C(F)(F)C(F)(F)C(F)(F)C(F)(F)C(F)(F)C(F)(F)CC. The summed E-state index contributed by atoms with van der Waals surface area (Å²) in [5, 5.41) is 0. The van der Waals surface area contributed by atoms with Crippen molar-refractivity contribution in [3.05, 3.63) is 12.7 Å². The van der Waals surface area contributed by atoms with E-state index in [0.29, 0.717) is 0 Å². The second-order valence-electron chi connectivity index (χ2n) is 6.22. The van der Waals surface area contributed by atoms with Crippen molar-refractivity contribution in [1.82, 2.24) is 0 Å². The molecule has 202 valence electrons. The van der Waals surface area contributed by atoms with Gasteiger partial charge in [-0.3, -0.25) is 0 Å². The average Bonchev–Trinajstić information content (AvgIpc) is 2.65. The Labute approximate surface area is 175 Å². The Bertz CT molecular complexity index is 784. The molecule has 0 radical (unpaired) electrons. The molecule has 2 nitrogen and oxygen atoms in total. The Kier molecular flexibility index (Phi) is 7.77. The predicted molar refractivity (Wildman–Crippen MR) is 71.1 cm³/mol. The van der Waals surface area contributed by atoms with Crippen LogP contribution in [-0.4, -0.2) is 59.5 Å². The fraction of sp³-hybridized carbons (Fsp3) is 0.786. The minimum atomic E-state index is -8.86. The van der Waals surface area contributed by atoms with Crippen molar-refractivity contribution in [1.29, 1.82) is 0 Å².